The zero-order valence-corrected chi connectivity index (χ0v) is 15.5. The smallest absolute Gasteiger partial charge is 0.274 e. The van der Waals surface area contributed by atoms with Crippen LogP contribution in [-0.4, -0.2) is 51.9 Å². The first-order valence-electron chi connectivity index (χ1n) is 9.34. The predicted molar refractivity (Wildman–Crippen MR) is 108 cm³/mol. The molecule has 28 heavy (non-hydrogen) atoms. The molecule has 1 saturated heterocycles. The summed E-state index contributed by atoms with van der Waals surface area (Å²) in [6.45, 7) is 3.62. The van der Waals surface area contributed by atoms with Gasteiger partial charge in [-0.2, -0.15) is 0 Å². The minimum atomic E-state index is -0.0686. The van der Waals surface area contributed by atoms with E-state index in [0.29, 0.717) is 31.1 Å². The van der Waals surface area contributed by atoms with Crippen molar-refractivity contribution in [2.45, 2.75) is 6.54 Å². The largest absolute Gasteiger partial charge is 0.368 e. The first kappa shape index (κ1) is 17.9. The van der Waals surface area contributed by atoms with Crippen molar-refractivity contribution in [1.82, 2.24) is 19.9 Å². The van der Waals surface area contributed by atoms with Crippen LogP contribution in [0.4, 0.5) is 11.5 Å². The third-order valence-corrected chi connectivity index (χ3v) is 4.78. The summed E-state index contributed by atoms with van der Waals surface area (Å²) in [4.78, 5) is 29.5. The number of anilines is 2. The third kappa shape index (κ3) is 4.25. The minimum Gasteiger partial charge on any atom is -0.368 e. The molecule has 1 aliphatic heterocycles. The van der Waals surface area contributed by atoms with Crippen LogP contribution in [0.25, 0.3) is 0 Å². The van der Waals surface area contributed by atoms with Crippen molar-refractivity contribution >= 4 is 17.4 Å². The van der Waals surface area contributed by atoms with E-state index in [4.69, 9.17) is 0 Å². The van der Waals surface area contributed by atoms with E-state index >= 15 is 0 Å². The van der Waals surface area contributed by atoms with Crippen LogP contribution in [-0.2, 0) is 6.54 Å². The fourth-order valence-corrected chi connectivity index (χ4v) is 3.19. The highest BCUT2D eigenvalue weighted by Gasteiger charge is 2.23. The van der Waals surface area contributed by atoms with E-state index < -0.39 is 0 Å². The average molecular weight is 374 g/mol. The van der Waals surface area contributed by atoms with Gasteiger partial charge in [-0.1, -0.05) is 18.2 Å². The molecule has 0 bridgehead atoms. The summed E-state index contributed by atoms with van der Waals surface area (Å²) in [5, 5.41) is 3.20. The molecule has 3 aromatic rings. The van der Waals surface area contributed by atoms with Crippen LogP contribution in [0, 0.1) is 0 Å². The summed E-state index contributed by atoms with van der Waals surface area (Å²) in [7, 11) is 0. The monoisotopic (exact) mass is 374 g/mol. The minimum absolute atomic E-state index is 0.0686. The van der Waals surface area contributed by atoms with Gasteiger partial charge in [-0.3, -0.25) is 9.78 Å². The maximum Gasteiger partial charge on any atom is 0.274 e. The van der Waals surface area contributed by atoms with Crippen LogP contribution in [0.3, 0.4) is 0 Å². The number of carbonyl (C=O) groups excluding carboxylic acids is 1. The highest BCUT2D eigenvalue weighted by Crippen LogP contribution is 2.16. The van der Waals surface area contributed by atoms with Crippen LogP contribution in [0.5, 0.6) is 0 Å². The van der Waals surface area contributed by atoms with Gasteiger partial charge in [-0.05, 0) is 29.8 Å². The summed E-state index contributed by atoms with van der Waals surface area (Å²) in [5.41, 5.74) is 2.68. The number of nitrogens with one attached hydrogen (secondary N) is 1. The van der Waals surface area contributed by atoms with Gasteiger partial charge >= 0.3 is 0 Å². The Labute approximate surface area is 164 Å². The zero-order valence-electron chi connectivity index (χ0n) is 15.5. The molecule has 0 spiro atoms. The molecule has 142 valence electrons. The molecule has 1 fully saturated rings. The van der Waals surface area contributed by atoms with Gasteiger partial charge in [0.1, 0.15) is 11.5 Å². The molecular weight excluding hydrogens is 352 g/mol. The lowest BCUT2D eigenvalue weighted by molar-refractivity contribution is 0.0740. The molecular formula is C21H22N6O. The van der Waals surface area contributed by atoms with Crippen molar-refractivity contribution < 1.29 is 4.79 Å². The van der Waals surface area contributed by atoms with E-state index in [2.05, 4.69) is 37.3 Å². The first-order valence-corrected chi connectivity index (χ1v) is 9.34. The van der Waals surface area contributed by atoms with E-state index in [1.54, 1.807) is 24.8 Å². The van der Waals surface area contributed by atoms with Gasteiger partial charge in [0.05, 0.1) is 12.4 Å². The summed E-state index contributed by atoms with van der Waals surface area (Å²) < 4.78 is 0. The van der Waals surface area contributed by atoms with E-state index in [1.165, 1.54) is 5.69 Å². The van der Waals surface area contributed by atoms with Gasteiger partial charge in [0, 0.05) is 50.8 Å². The Morgan fingerprint density at radius 1 is 0.929 bits per heavy atom. The highest BCUT2D eigenvalue weighted by molar-refractivity contribution is 5.92. The normalized spacial score (nSPS) is 14.0. The number of carbonyl (C=O) groups is 1. The number of benzene rings is 1. The average Bonchev–Trinajstić information content (AvgIpc) is 2.79. The molecule has 2 aromatic heterocycles. The standard InChI is InChI=1S/C21H22N6O/c28-21(27-12-10-26(11-13-27)18-4-2-1-3-5-18)19-15-25-20(16-23-19)24-14-17-6-8-22-9-7-17/h1-9,15-16H,10-14H2,(H,24,25). The van der Waals surface area contributed by atoms with Gasteiger partial charge in [-0.25, -0.2) is 9.97 Å². The van der Waals surface area contributed by atoms with Gasteiger partial charge in [0.25, 0.3) is 5.91 Å². The topological polar surface area (TPSA) is 74.2 Å². The molecule has 0 aliphatic carbocycles. The summed E-state index contributed by atoms with van der Waals surface area (Å²) in [6.07, 6.45) is 6.65. The third-order valence-electron chi connectivity index (χ3n) is 4.78. The van der Waals surface area contributed by atoms with Crippen LogP contribution in [0.15, 0.2) is 67.3 Å². The quantitative estimate of drug-likeness (QED) is 0.739. The Bertz CT molecular complexity index is 893. The summed E-state index contributed by atoms with van der Waals surface area (Å²) in [5.74, 6) is 0.572. The lowest BCUT2D eigenvalue weighted by atomic mass is 10.2. The number of pyridine rings is 1. The first-order chi connectivity index (χ1) is 13.8. The fraction of sp³-hybridized carbons (Fsp3) is 0.238. The zero-order chi connectivity index (χ0) is 19.2. The molecule has 1 aromatic carbocycles. The molecule has 1 aliphatic rings. The van der Waals surface area contributed by atoms with Crippen molar-refractivity contribution in [1.29, 1.82) is 0 Å². The van der Waals surface area contributed by atoms with Crippen LogP contribution < -0.4 is 10.2 Å². The highest BCUT2D eigenvalue weighted by atomic mass is 16.2. The second-order valence-corrected chi connectivity index (χ2v) is 6.61. The second-order valence-electron chi connectivity index (χ2n) is 6.61. The predicted octanol–water partition coefficient (Wildman–Crippen LogP) is 2.45. The van der Waals surface area contributed by atoms with Crippen molar-refractivity contribution in [2.75, 3.05) is 36.4 Å². The molecule has 7 heteroatoms. The number of aromatic nitrogens is 3. The molecule has 0 saturated carbocycles. The van der Waals surface area contributed by atoms with Crippen molar-refractivity contribution in [3.05, 3.63) is 78.5 Å². The molecule has 0 radical (unpaired) electrons. The number of piperazine rings is 1. The summed E-state index contributed by atoms with van der Waals surface area (Å²) >= 11 is 0. The Morgan fingerprint density at radius 2 is 1.68 bits per heavy atom. The Balaban J connectivity index is 1.31. The molecule has 1 N–H and O–H groups in total. The molecule has 0 unspecified atom stereocenters. The van der Waals surface area contributed by atoms with Crippen molar-refractivity contribution in [3.8, 4) is 0 Å². The Kier molecular flexibility index (Phi) is 5.42. The fourth-order valence-electron chi connectivity index (χ4n) is 3.19. The van der Waals surface area contributed by atoms with Gasteiger partial charge in [0.15, 0.2) is 0 Å². The van der Waals surface area contributed by atoms with E-state index in [1.807, 2.05) is 35.2 Å². The number of nitrogens with zero attached hydrogens (tertiary/aromatic N) is 5. The number of hydrogen-bond acceptors (Lipinski definition) is 6. The lowest BCUT2D eigenvalue weighted by Crippen LogP contribution is -2.49. The molecule has 7 nitrogen and oxygen atoms in total. The van der Waals surface area contributed by atoms with Gasteiger partial charge in [-0.15, -0.1) is 0 Å². The van der Waals surface area contributed by atoms with Crippen molar-refractivity contribution in [3.63, 3.8) is 0 Å². The van der Waals surface area contributed by atoms with Crippen LogP contribution >= 0.6 is 0 Å². The Hall–Kier alpha value is -3.48. The number of rotatable bonds is 5. The molecule has 4 rings (SSSR count). The molecule has 0 atom stereocenters. The lowest BCUT2D eigenvalue weighted by Gasteiger charge is -2.35. The van der Waals surface area contributed by atoms with E-state index in [-0.39, 0.29) is 5.91 Å². The Morgan fingerprint density at radius 3 is 2.36 bits per heavy atom. The van der Waals surface area contributed by atoms with Crippen LogP contribution in [0.2, 0.25) is 0 Å². The maximum absolute atomic E-state index is 12.7. The molecule has 3 heterocycles. The van der Waals surface area contributed by atoms with Crippen LogP contribution in [0.1, 0.15) is 16.1 Å². The second kappa shape index (κ2) is 8.47. The number of amides is 1. The van der Waals surface area contributed by atoms with E-state index in [0.717, 1.165) is 18.7 Å². The number of hydrogen-bond donors (Lipinski definition) is 1. The number of para-hydroxylation sites is 1. The van der Waals surface area contributed by atoms with Crippen molar-refractivity contribution in [2.24, 2.45) is 0 Å². The SMILES string of the molecule is O=C(c1cnc(NCc2ccncc2)cn1)N1CCN(c2ccccc2)CC1. The van der Waals surface area contributed by atoms with E-state index in [9.17, 15) is 4.79 Å². The molecule has 1 amide bonds. The summed E-state index contributed by atoms with van der Waals surface area (Å²) in [6, 6.07) is 14.2. The maximum atomic E-state index is 12.7. The van der Waals surface area contributed by atoms with Gasteiger partial charge < -0.3 is 15.1 Å². The van der Waals surface area contributed by atoms with Gasteiger partial charge in [0.2, 0.25) is 0 Å².